The molecule has 3 aliphatic rings. The van der Waals surface area contributed by atoms with Crippen LogP contribution in [0.2, 0.25) is 0 Å². The minimum absolute atomic E-state index is 0.0142. The van der Waals surface area contributed by atoms with E-state index in [2.05, 4.69) is 5.16 Å². The number of oxime groups is 1. The number of aliphatic hydroxyl groups is 3. The Hall–Kier alpha value is -3.90. The fourth-order valence-corrected chi connectivity index (χ4v) is 6.05. The Labute approximate surface area is 232 Å². The predicted octanol–water partition coefficient (Wildman–Crippen LogP) is 1.18. The number of likely N-dealkylation sites (N-methyl/N-ethyl adjacent to an activating group) is 1. The number of carbonyl (C=O) groups is 3. The van der Waals surface area contributed by atoms with E-state index >= 15 is 0 Å². The second-order valence-corrected chi connectivity index (χ2v) is 12.0. The first-order valence-electron chi connectivity index (χ1n) is 12.9. The number of primary amides is 1. The number of aliphatic hydroxyl groups excluding tert-OH is 2. The Morgan fingerprint density at radius 2 is 1.80 bits per heavy atom. The maximum absolute atomic E-state index is 14.0. The summed E-state index contributed by atoms with van der Waals surface area (Å²) in [6, 6.07) is 0.546. The largest absolute Gasteiger partial charge is 0.508 e. The number of phenols is 1. The van der Waals surface area contributed by atoms with Crippen LogP contribution in [0.5, 0.6) is 5.75 Å². The van der Waals surface area contributed by atoms with Gasteiger partial charge in [-0.15, -0.1) is 0 Å². The van der Waals surface area contributed by atoms with Crippen LogP contribution in [0.25, 0.3) is 5.76 Å². The zero-order chi connectivity index (χ0) is 30.1. The smallest absolute Gasteiger partial charge is 0.255 e. The number of fused-ring (bicyclic) bond motifs is 3. The van der Waals surface area contributed by atoms with Gasteiger partial charge in [0.05, 0.1) is 17.8 Å². The third kappa shape index (κ3) is 4.31. The van der Waals surface area contributed by atoms with Crippen molar-refractivity contribution < 1.29 is 39.6 Å². The monoisotopic (exact) mass is 556 g/mol. The first-order valence-corrected chi connectivity index (χ1v) is 12.9. The maximum atomic E-state index is 14.0. The van der Waals surface area contributed by atoms with Crippen molar-refractivity contribution in [1.29, 1.82) is 0 Å². The van der Waals surface area contributed by atoms with Gasteiger partial charge in [0.15, 0.2) is 11.4 Å². The zero-order valence-corrected chi connectivity index (χ0v) is 23.6. The highest BCUT2D eigenvalue weighted by atomic mass is 16.6. The summed E-state index contributed by atoms with van der Waals surface area (Å²) in [6.45, 7) is 5.41. The minimum atomic E-state index is -2.69. The van der Waals surface area contributed by atoms with Crippen molar-refractivity contribution in [2.24, 2.45) is 22.7 Å². The fourth-order valence-electron chi connectivity index (χ4n) is 6.05. The van der Waals surface area contributed by atoms with Gasteiger partial charge in [-0.05, 0) is 65.3 Å². The number of Topliss-reactive ketones (excluding diaryl/α,β-unsaturated/α-hetero) is 2. The molecule has 4 unspecified atom stereocenters. The molecule has 1 aromatic rings. The summed E-state index contributed by atoms with van der Waals surface area (Å²) in [5.74, 6) is -6.97. The molecule has 216 valence electrons. The Balaban J connectivity index is 1.95. The fraction of sp³-hybridized carbons (Fsp3) is 0.500. The highest BCUT2D eigenvalue weighted by Crippen LogP contribution is 2.54. The molecule has 1 amide bonds. The Morgan fingerprint density at radius 1 is 1.18 bits per heavy atom. The molecule has 40 heavy (non-hydrogen) atoms. The van der Waals surface area contributed by atoms with Crippen LogP contribution in [0.15, 0.2) is 28.1 Å². The first kappa shape index (κ1) is 29.1. The van der Waals surface area contributed by atoms with Gasteiger partial charge in [-0.3, -0.25) is 19.3 Å². The van der Waals surface area contributed by atoms with Gasteiger partial charge in [0.2, 0.25) is 5.78 Å². The van der Waals surface area contributed by atoms with E-state index in [4.69, 9.17) is 10.6 Å². The second-order valence-electron chi connectivity index (χ2n) is 12.0. The second kappa shape index (κ2) is 9.63. The SMILES string of the molecule is CN(C)c1cc(/C=N/OC(C)(C)C)c(O)c2c1CC1CC3C(N(C)C)C(=O)C(C(N)=O)=C(O)C3(O)C(=O)C1=C2O. The molecule has 4 rings (SSSR count). The van der Waals surface area contributed by atoms with E-state index in [1.165, 1.54) is 11.1 Å². The van der Waals surface area contributed by atoms with Crippen LogP contribution in [0.1, 0.15) is 43.9 Å². The number of nitrogens with zero attached hydrogens (tertiary/aromatic N) is 3. The van der Waals surface area contributed by atoms with Crippen molar-refractivity contribution in [3.8, 4) is 5.75 Å². The van der Waals surface area contributed by atoms with Gasteiger partial charge < -0.3 is 35.9 Å². The maximum Gasteiger partial charge on any atom is 0.255 e. The van der Waals surface area contributed by atoms with Crippen molar-refractivity contribution in [2.45, 2.75) is 50.9 Å². The lowest BCUT2D eigenvalue weighted by molar-refractivity contribution is -0.153. The van der Waals surface area contributed by atoms with E-state index in [0.717, 1.165) is 0 Å². The summed E-state index contributed by atoms with van der Waals surface area (Å²) in [7, 11) is 6.69. The lowest BCUT2D eigenvalue weighted by Crippen LogP contribution is -2.65. The van der Waals surface area contributed by atoms with Gasteiger partial charge in [-0.25, -0.2) is 0 Å². The van der Waals surface area contributed by atoms with Gasteiger partial charge in [-0.2, -0.15) is 0 Å². The van der Waals surface area contributed by atoms with Crippen molar-refractivity contribution in [2.75, 3.05) is 33.1 Å². The van der Waals surface area contributed by atoms with E-state index in [1.54, 1.807) is 59.9 Å². The number of benzene rings is 1. The molecule has 0 aliphatic heterocycles. The highest BCUT2D eigenvalue weighted by Gasteiger charge is 2.64. The van der Waals surface area contributed by atoms with Crippen LogP contribution >= 0.6 is 0 Å². The van der Waals surface area contributed by atoms with Gasteiger partial charge in [0.25, 0.3) is 5.91 Å². The minimum Gasteiger partial charge on any atom is -0.508 e. The van der Waals surface area contributed by atoms with Crippen molar-refractivity contribution in [1.82, 2.24) is 4.90 Å². The van der Waals surface area contributed by atoms with Crippen LogP contribution in [0.4, 0.5) is 5.69 Å². The van der Waals surface area contributed by atoms with Crippen molar-refractivity contribution >= 4 is 35.1 Å². The van der Waals surface area contributed by atoms with Gasteiger partial charge >= 0.3 is 0 Å². The van der Waals surface area contributed by atoms with Crippen LogP contribution in [0.3, 0.4) is 0 Å². The molecular formula is C28H36N4O8. The number of aromatic hydroxyl groups is 1. The molecule has 0 spiro atoms. The summed E-state index contributed by atoms with van der Waals surface area (Å²) in [6.07, 6.45) is 1.50. The van der Waals surface area contributed by atoms with Gasteiger partial charge in [-0.1, -0.05) is 5.16 Å². The molecule has 1 fully saturated rings. The molecule has 12 heteroatoms. The number of anilines is 1. The summed E-state index contributed by atoms with van der Waals surface area (Å²) in [4.78, 5) is 48.0. The Kier molecular flexibility index (Phi) is 7.00. The molecule has 0 saturated heterocycles. The molecule has 12 nitrogen and oxygen atoms in total. The third-order valence-electron chi connectivity index (χ3n) is 7.73. The molecule has 1 aromatic carbocycles. The van der Waals surface area contributed by atoms with Crippen LogP contribution < -0.4 is 10.6 Å². The lowest BCUT2D eigenvalue weighted by atomic mass is 9.57. The number of nitrogens with two attached hydrogens (primary N) is 1. The summed E-state index contributed by atoms with van der Waals surface area (Å²) in [5, 5.41) is 49.4. The predicted molar refractivity (Wildman–Crippen MR) is 147 cm³/mol. The molecular weight excluding hydrogens is 520 g/mol. The van der Waals surface area contributed by atoms with E-state index in [-0.39, 0.29) is 35.3 Å². The van der Waals surface area contributed by atoms with Crippen molar-refractivity contribution in [3.05, 3.63) is 39.7 Å². The van der Waals surface area contributed by atoms with E-state index in [0.29, 0.717) is 11.3 Å². The van der Waals surface area contributed by atoms with E-state index in [9.17, 15) is 34.8 Å². The van der Waals surface area contributed by atoms with Crippen molar-refractivity contribution in [3.63, 3.8) is 0 Å². The molecule has 0 heterocycles. The molecule has 4 atom stereocenters. The molecule has 6 N–H and O–H groups in total. The summed E-state index contributed by atoms with van der Waals surface area (Å²) >= 11 is 0. The van der Waals surface area contributed by atoms with Crippen LogP contribution in [0, 0.1) is 11.8 Å². The average molecular weight is 557 g/mol. The number of hydrogen-bond acceptors (Lipinski definition) is 11. The Bertz CT molecular complexity index is 1400. The van der Waals surface area contributed by atoms with Crippen LogP contribution in [-0.2, 0) is 25.6 Å². The molecule has 0 radical (unpaired) electrons. The number of ketones is 2. The van der Waals surface area contributed by atoms with E-state index < -0.39 is 63.6 Å². The molecule has 0 aromatic heterocycles. The highest BCUT2D eigenvalue weighted by molar-refractivity contribution is 6.24. The number of rotatable bonds is 5. The number of hydrogen-bond donors (Lipinski definition) is 5. The third-order valence-corrected chi connectivity index (χ3v) is 7.73. The quantitative estimate of drug-likeness (QED) is 0.200. The van der Waals surface area contributed by atoms with Gasteiger partial charge in [0.1, 0.15) is 28.4 Å². The molecule has 1 saturated carbocycles. The van der Waals surface area contributed by atoms with Gasteiger partial charge in [0, 0.05) is 36.8 Å². The van der Waals surface area contributed by atoms with Crippen LogP contribution in [-0.4, -0.2) is 94.4 Å². The molecule has 3 aliphatic carbocycles. The van der Waals surface area contributed by atoms with E-state index in [1.807, 2.05) is 0 Å². The standard InChI is InChI=1S/C28H36N4O8/c1-27(2,3)40-30-11-13-10-16(31(4)5)14-8-12-9-15-20(32(6)7)23(35)19(26(29)38)25(37)28(15,39)24(36)17(12)22(34)18(14)21(13)33/h10-12,15,20,33-34,37,39H,8-9H2,1-7H3,(H2,29,38)/b30-11+. The summed E-state index contributed by atoms with van der Waals surface area (Å²) < 4.78 is 0. The lowest BCUT2D eigenvalue weighted by Gasteiger charge is -2.50. The Morgan fingerprint density at radius 3 is 2.33 bits per heavy atom. The summed E-state index contributed by atoms with van der Waals surface area (Å²) in [5.41, 5.74) is 2.42. The number of amides is 1. The average Bonchev–Trinajstić information content (AvgIpc) is 2.81. The molecule has 0 bridgehead atoms. The number of phenolic OH excluding ortho intramolecular Hbond substituents is 1. The first-order chi connectivity index (χ1) is 18.4. The normalized spacial score (nSPS) is 26.7. The topological polar surface area (TPSA) is 186 Å². The zero-order valence-electron chi connectivity index (χ0n) is 23.6. The number of carbonyl (C=O) groups excluding carboxylic acids is 3.